The van der Waals surface area contributed by atoms with E-state index < -0.39 is 50.3 Å². The summed E-state index contributed by atoms with van der Waals surface area (Å²) in [6.07, 6.45) is -0.989. The van der Waals surface area contributed by atoms with Gasteiger partial charge in [-0.1, -0.05) is 13.8 Å². The highest BCUT2D eigenvalue weighted by Crippen LogP contribution is 2.50. The van der Waals surface area contributed by atoms with Crippen molar-refractivity contribution in [3.05, 3.63) is 6.33 Å². The van der Waals surface area contributed by atoms with E-state index in [1.165, 1.54) is 24.5 Å². The molecule has 2 aromatic rings. The molecule has 0 saturated carbocycles. The number of hydrogen-bond acceptors (Lipinski definition) is 10. The van der Waals surface area contributed by atoms with E-state index in [2.05, 4.69) is 20.0 Å². The van der Waals surface area contributed by atoms with E-state index in [9.17, 15) is 9.36 Å². The number of halogens is 2. The van der Waals surface area contributed by atoms with Crippen LogP contribution in [0.25, 0.3) is 11.2 Å². The number of hydrogen-bond donors (Lipinski definition) is 2. The van der Waals surface area contributed by atoms with Crippen LogP contribution in [0.5, 0.6) is 5.88 Å². The summed E-state index contributed by atoms with van der Waals surface area (Å²) in [7, 11) is -3.69. The van der Waals surface area contributed by atoms with Crippen molar-refractivity contribution in [3.8, 4) is 5.88 Å². The van der Waals surface area contributed by atoms with Gasteiger partial charge in [-0.05, 0) is 26.7 Å². The molecule has 5 atom stereocenters. The number of nitrogens with zero attached hydrogens (tertiary/aromatic N) is 4. The molecule has 1 aliphatic rings. The molecule has 0 radical (unpaired) electrons. The standard InChI is InChI=1S/C21H33F2N6O6P/c1-7-32-16-14-15(26-19(24)27-16)29(11-25-14)18-20(5,22)9-21(23,35-18)10-34-36(6,31)28-13(4)17(30)33-8-12(2)3/h11-13,18H,7-10H2,1-6H3,(H,28,31)(H2,24,26,27). The van der Waals surface area contributed by atoms with Gasteiger partial charge in [0.1, 0.15) is 12.6 Å². The molecule has 0 aliphatic carbocycles. The first-order valence-electron chi connectivity index (χ1n) is 11.5. The normalized spacial score (nSPS) is 26.8. The largest absolute Gasteiger partial charge is 0.476 e. The topological polar surface area (TPSA) is 153 Å². The Bertz CT molecular complexity index is 1150. The van der Waals surface area contributed by atoms with Gasteiger partial charge < -0.3 is 24.5 Å². The highest BCUT2D eigenvalue weighted by atomic mass is 31.2. The first kappa shape index (κ1) is 28.2. The van der Waals surface area contributed by atoms with Crippen molar-refractivity contribution in [3.63, 3.8) is 0 Å². The Hall–Kier alpha value is -2.41. The Morgan fingerprint density at radius 2 is 2.08 bits per heavy atom. The fraction of sp³-hybridized carbons (Fsp3) is 0.714. The molecule has 0 aromatic carbocycles. The predicted octanol–water partition coefficient (Wildman–Crippen LogP) is 3.14. The SMILES string of the molecule is CCOc1nc(N)nc2c1ncn2C1OC(F)(COP(C)(=O)NC(C)C(=O)OCC(C)C)CC1(C)F. The van der Waals surface area contributed by atoms with Gasteiger partial charge in [-0.15, -0.1) is 0 Å². The lowest BCUT2D eigenvalue weighted by atomic mass is 10.0. The third-order valence-electron chi connectivity index (χ3n) is 5.25. The highest BCUT2D eigenvalue weighted by molar-refractivity contribution is 7.56. The molecule has 36 heavy (non-hydrogen) atoms. The number of imidazole rings is 1. The molecular weight excluding hydrogens is 501 g/mol. The Morgan fingerprint density at radius 1 is 1.39 bits per heavy atom. The fourth-order valence-corrected chi connectivity index (χ4v) is 5.07. The van der Waals surface area contributed by atoms with Crippen LogP contribution in [0.15, 0.2) is 6.33 Å². The molecular formula is C21H33F2N6O6P. The van der Waals surface area contributed by atoms with Crippen molar-refractivity contribution >= 4 is 30.6 Å². The summed E-state index contributed by atoms with van der Waals surface area (Å²) in [6.45, 7) is 8.91. The second-order valence-corrected chi connectivity index (χ2v) is 11.7. The summed E-state index contributed by atoms with van der Waals surface area (Å²) < 4.78 is 66.4. The third kappa shape index (κ3) is 6.47. The van der Waals surface area contributed by atoms with Crippen molar-refractivity contribution in [2.45, 2.75) is 64.8 Å². The van der Waals surface area contributed by atoms with E-state index in [1.807, 2.05) is 13.8 Å². The van der Waals surface area contributed by atoms with Gasteiger partial charge in [0.05, 0.1) is 19.5 Å². The van der Waals surface area contributed by atoms with Crippen LogP contribution < -0.4 is 15.6 Å². The average Bonchev–Trinajstić information content (AvgIpc) is 3.27. The summed E-state index contributed by atoms with van der Waals surface area (Å²) in [5, 5.41) is 2.51. The van der Waals surface area contributed by atoms with E-state index in [0.717, 1.165) is 6.92 Å². The number of nitrogens with two attached hydrogens (primary N) is 1. The second-order valence-electron chi connectivity index (χ2n) is 9.45. The van der Waals surface area contributed by atoms with Crippen LogP contribution in [0, 0.1) is 5.92 Å². The number of nitrogens with one attached hydrogen (secondary N) is 1. The monoisotopic (exact) mass is 534 g/mol. The maximum atomic E-state index is 15.6. The quantitative estimate of drug-likeness (QED) is 0.323. The van der Waals surface area contributed by atoms with Crippen molar-refractivity contribution in [1.29, 1.82) is 0 Å². The number of esters is 1. The van der Waals surface area contributed by atoms with Gasteiger partial charge in [0.15, 0.2) is 23.1 Å². The lowest BCUT2D eigenvalue weighted by molar-refractivity contribution is -0.176. The molecule has 202 valence electrons. The molecule has 3 rings (SSSR count). The summed E-state index contributed by atoms with van der Waals surface area (Å²) >= 11 is 0. The van der Waals surface area contributed by atoms with Crippen LogP contribution in [-0.4, -0.2) is 69.5 Å². The van der Waals surface area contributed by atoms with Gasteiger partial charge in [-0.2, -0.15) is 9.97 Å². The lowest BCUT2D eigenvalue weighted by Gasteiger charge is -2.25. The van der Waals surface area contributed by atoms with Crippen LogP contribution >= 0.6 is 7.52 Å². The Morgan fingerprint density at radius 3 is 2.72 bits per heavy atom. The number of anilines is 1. The molecule has 5 unspecified atom stereocenters. The zero-order valence-electron chi connectivity index (χ0n) is 21.2. The zero-order chi connectivity index (χ0) is 26.9. The molecule has 0 amide bonds. The lowest BCUT2D eigenvalue weighted by Crippen LogP contribution is -2.36. The number of carbonyl (C=O) groups is 1. The number of nitrogen functional groups attached to an aromatic ring is 1. The molecule has 1 fully saturated rings. The van der Waals surface area contributed by atoms with Crippen LogP contribution in [0.1, 0.15) is 47.3 Å². The fourth-order valence-electron chi connectivity index (χ4n) is 3.75. The van der Waals surface area contributed by atoms with E-state index in [4.69, 9.17) is 24.5 Å². The number of rotatable bonds is 11. The summed E-state index contributed by atoms with van der Waals surface area (Å²) in [5.74, 6) is -3.18. The van der Waals surface area contributed by atoms with Crippen molar-refractivity contribution in [2.24, 2.45) is 5.92 Å². The van der Waals surface area contributed by atoms with Gasteiger partial charge in [-0.3, -0.25) is 13.9 Å². The number of alkyl halides is 2. The van der Waals surface area contributed by atoms with Crippen molar-refractivity contribution in [1.82, 2.24) is 24.6 Å². The predicted molar refractivity (Wildman–Crippen MR) is 127 cm³/mol. The maximum Gasteiger partial charge on any atom is 0.323 e. The second kappa shape index (κ2) is 10.5. The van der Waals surface area contributed by atoms with Gasteiger partial charge in [0.25, 0.3) is 7.52 Å². The van der Waals surface area contributed by atoms with Gasteiger partial charge in [0, 0.05) is 13.1 Å². The van der Waals surface area contributed by atoms with E-state index >= 15 is 8.78 Å². The molecule has 0 bridgehead atoms. The summed E-state index contributed by atoms with van der Waals surface area (Å²) in [5.41, 5.74) is 3.83. The van der Waals surface area contributed by atoms with Crippen LogP contribution in [0.4, 0.5) is 14.7 Å². The van der Waals surface area contributed by atoms with Crippen molar-refractivity contribution < 1.29 is 36.9 Å². The smallest absolute Gasteiger partial charge is 0.323 e. The molecule has 1 aliphatic heterocycles. The van der Waals surface area contributed by atoms with E-state index in [1.54, 1.807) is 6.92 Å². The zero-order valence-corrected chi connectivity index (χ0v) is 22.1. The van der Waals surface area contributed by atoms with Gasteiger partial charge >= 0.3 is 5.97 Å². The number of ether oxygens (including phenoxy) is 3. The summed E-state index contributed by atoms with van der Waals surface area (Å²) in [6, 6.07) is -0.971. The minimum absolute atomic E-state index is 0.0987. The molecule has 2 aromatic heterocycles. The molecule has 3 heterocycles. The minimum Gasteiger partial charge on any atom is -0.476 e. The maximum absolute atomic E-state index is 15.6. The van der Waals surface area contributed by atoms with Crippen LogP contribution in [0.3, 0.4) is 0 Å². The van der Waals surface area contributed by atoms with Crippen LogP contribution in [-0.2, 0) is 23.4 Å². The molecule has 15 heteroatoms. The Kier molecular flexibility index (Phi) is 8.23. The summed E-state index contributed by atoms with van der Waals surface area (Å²) in [4.78, 5) is 24.3. The van der Waals surface area contributed by atoms with Crippen LogP contribution in [0.2, 0.25) is 0 Å². The average molecular weight is 535 g/mol. The Labute approximate surface area is 207 Å². The molecule has 1 saturated heterocycles. The minimum atomic E-state index is -3.69. The molecule has 3 N–H and O–H groups in total. The first-order chi connectivity index (χ1) is 16.7. The van der Waals surface area contributed by atoms with Crippen molar-refractivity contribution in [2.75, 3.05) is 32.2 Å². The number of carbonyl (C=O) groups excluding carboxylic acids is 1. The molecule has 0 spiro atoms. The highest BCUT2D eigenvalue weighted by Gasteiger charge is 2.57. The molecule has 12 nitrogen and oxygen atoms in total. The first-order valence-corrected chi connectivity index (χ1v) is 13.6. The number of aromatic nitrogens is 4. The third-order valence-corrected chi connectivity index (χ3v) is 6.73. The van der Waals surface area contributed by atoms with E-state index in [0.29, 0.717) is 0 Å². The Balaban J connectivity index is 1.72. The van der Waals surface area contributed by atoms with E-state index in [-0.39, 0.29) is 42.1 Å². The van der Waals surface area contributed by atoms with Gasteiger partial charge in [0.2, 0.25) is 17.7 Å². The number of fused-ring (bicyclic) bond motifs is 1. The van der Waals surface area contributed by atoms with Gasteiger partial charge in [-0.25, -0.2) is 18.9 Å².